The fraction of sp³-hybridized carbons (Fsp3) is 0.933. The Morgan fingerprint density at radius 3 is 2.18 bits per heavy atom. The standard InChI is InChI=1S/C15H32N3O3P/c1-13(2)8-11-19-17-12-21-22(20-10-7-9-16)18(14(3)4)15(5)6/h13-15,17H,7-8,10-12H2,1-6H3. The first-order valence-corrected chi connectivity index (χ1v) is 9.09. The van der Waals surface area contributed by atoms with Crippen molar-refractivity contribution in [3.05, 3.63) is 0 Å². The van der Waals surface area contributed by atoms with Crippen molar-refractivity contribution in [1.82, 2.24) is 10.2 Å². The van der Waals surface area contributed by atoms with E-state index in [0.29, 0.717) is 37.6 Å². The Morgan fingerprint density at radius 1 is 1.05 bits per heavy atom. The molecule has 0 saturated carbocycles. The number of nitriles is 1. The Bertz CT molecular complexity index is 301. The van der Waals surface area contributed by atoms with E-state index < -0.39 is 8.53 Å². The summed E-state index contributed by atoms with van der Waals surface area (Å²) in [5.41, 5.74) is 2.82. The van der Waals surface area contributed by atoms with Crippen molar-refractivity contribution in [3.8, 4) is 6.07 Å². The van der Waals surface area contributed by atoms with Gasteiger partial charge in [0.1, 0.15) is 6.73 Å². The highest BCUT2D eigenvalue weighted by Crippen LogP contribution is 2.45. The van der Waals surface area contributed by atoms with Gasteiger partial charge in [0.25, 0.3) is 8.53 Å². The van der Waals surface area contributed by atoms with Gasteiger partial charge in [-0.05, 0) is 40.0 Å². The average molecular weight is 333 g/mol. The van der Waals surface area contributed by atoms with E-state index in [0.717, 1.165) is 6.42 Å². The lowest BCUT2D eigenvalue weighted by Crippen LogP contribution is -2.34. The van der Waals surface area contributed by atoms with Crippen molar-refractivity contribution < 1.29 is 13.9 Å². The molecule has 0 aromatic rings. The van der Waals surface area contributed by atoms with E-state index in [-0.39, 0.29) is 6.73 Å². The first-order valence-electron chi connectivity index (χ1n) is 7.95. The van der Waals surface area contributed by atoms with Crippen LogP contribution >= 0.6 is 8.53 Å². The highest BCUT2D eigenvalue weighted by atomic mass is 31.2. The summed E-state index contributed by atoms with van der Waals surface area (Å²) < 4.78 is 13.7. The molecule has 0 aromatic heterocycles. The minimum absolute atomic E-state index is 0.270. The zero-order valence-electron chi connectivity index (χ0n) is 14.8. The summed E-state index contributed by atoms with van der Waals surface area (Å²) in [5.74, 6) is 0.617. The minimum Gasteiger partial charge on any atom is -0.321 e. The second-order valence-electron chi connectivity index (χ2n) is 6.00. The van der Waals surface area contributed by atoms with E-state index in [1.807, 2.05) is 0 Å². The van der Waals surface area contributed by atoms with E-state index in [2.05, 4.69) is 57.8 Å². The SMILES string of the molecule is CC(C)CCONCOP(OCCC#N)N(C(C)C)C(C)C. The van der Waals surface area contributed by atoms with Gasteiger partial charge in [-0.15, -0.1) is 0 Å². The molecule has 0 aliphatic carbocycles. The van der Waals surface area contributed by atoms with Gasteiger partial charge in [0.05, 0.1) is 25.7 Å². The van der Waals surface area contributed by atoms with Crippen LogP contribution in [0.25, 0.3) is 0 Å². The van der Waals surface area contributed by atoms with Crippen LogP contribution in [0.1, 0.15) is 54.4 Å². The molecular weight excluding hydrogens is 301 g/mol. The molecule has 0 amide bonds. The smallest absolute Gasteiger partial charge is 0.260 e. The summed E-state index contributed by atoms with van der Waals surface area (Å²) in [6, 6.07) is 2.69. The second kappa shape index (κ2) is 13.2. The predicted molar refractivity (Wildman–Crippen MR) is 89.7 cm³/mol. The molecule has 0 radical (unpaired) electrons. The predicted octanol–water partition coefficient (Wildman–Crippen LogP) is 3.80. The second-order valence-corrected chi connectivity index (χ2v) is 7.45. The number of hydroxylamine groups is 1. The highest BCUT2D eigenvalue weighted by Gasteiger charge is 2.26. The van der Waals surface area contributed by atoms with Crippen LogP contribution in [0.15, 0.2) is 0 Å². The minimum atomic E-state index is -1.21. The van der Waals surface area contributed by atoms with Crippen LogP contribution in [0, 0.1) is 17.2 Å². The maximum Gasteiger partial charge on any atom is 0.260 e. The lowest BCUT2D eigenvalue weighted by Gasteiger charge is -2.35. The summed E-state index contributed by atoms with van der Waals surface area (Å²) >= 11 is 0. The third kappa shape index (κ3) is 10.4. The number of hydrogen-bond acceptors (Lipinski definition) is 6. The molecule has 0 aliphatic heterocycles. The van der Waals surface area contributed by atoms with Crippen LogP contribution in [0.3, 0.4) is 0 Å². The van der Waals surface area contributed by atoms with Gasteiger partial charge in [-0.3, -0.25) is 4.84 Å². The van der Waals surface area contributed by atoms with Gasteiger partial charge in [0, 0.05) is 12.1 Å². The third-order valence-electron chi connectivity index (χ3n) is 2.80. The summed E-state index contributed by atoms with van der Waals surface area (Å²) in [6.45, 7) is 14.1. The summed E-state index contributed by atoms with van der Waals surface area (Å²) in [4.78, 5) is 5.33. The van der Waals surface area contributed by atoms with E-state index >= 15 is 0 Å². The molecule has 0 heterocycles. The lowest BCUT2D eigenvalue weighted by molar-refractivity contribution is -0.00663. The molecule has 0 spiro atoms. The van der Waals surface area contributed by atoms with Gasteiger partial charge in [-0.25, -0.2) is 4.67 Å². The average Bonchev–Trinajstić information content (AvgIpc) is 2.41. The normalized spacial score (nSPS) is 13.3. The van der Waals surface area contributed by atoms with Crippen LogP contribution in [-0.4, -0.2) is 36.7 Å². The Kier molecular flexibility index (Phi) is 13.0. The molecular formula is C15H32N3O3P. The fourth-order valence-corrected chi connectivity index (χ4v) is 3.31. The molecule has 1 unspecified atom stereocenters. The van der Waals surface area contributed by atoms with Gasteiger partial charge in [0.2, 0.25) is 0 Å². The van der Waals surface area contributed by atoms with E-state index in [1.54, 1.807) is 0 Å². The lowest BCUT2D eigenvalue weighted by atomic mass is 10.1. The highest BCUT2D eigenvalue weighted by molar-refractivity contribution is 7.44. The maximum atomic E-state index is 8.64. The molecule has 0 saturated heterocycles. The molecule has 0 aromatic carbocycles. The largest absolute Gasteiger partial charge is 0.321 e. The van der Waals surface area contributed by atoms with Crippen LogP contribution in [-0.2, 0) is 13.9 Å². The Morgan fingerprint density at radius 2 is 1.68 bits per heavy atom. The molecule has 7 heteroatoms. The van der Waals surface area contributed by atoms with Crippen LogP contribution in [0.4, 0.5) is 0 Å². The Hall–Kier alpha value is -0.280. The third-order valence-corrected chi connectivity index (χ3v) is 4.85. The van der Waals surface area contributed by atoms with Gasteiger partial charge in [-0.2, -0.15) is 10.7 Å². The zero-order valence-corrected chi connectivity index (χ0v) is 15.7. The van der Waals surface area contributed by atoms with Gasteiger partial charge in [0.15, 0.2) is 0 Å². The number of nitrogens with zero attached hydrogens (tertiary/aromatic N) is 2. The van der Waals surface area contributed by atoms with Crippen molar-refractivity contribution in [2.24, 2.45) is 5.92 Å². The van der Waals surface area contributed by atoms with Crippen molar-refractivity contribution in [2.45, 2.75) is 66.5 Å². The molecule has 0 aliphatic rings. The van der Waals surface area contributed by atoms with Crippen LogP contribution in [0.2, 0.25) is 0 Å². The first kappa shape index (κ1) is 21.7. The first-order chi connectivity index (χ1) is 10.4. The Labute approximate surface area is 137 Å². The number of hydrogen-bond donors (Lipinski definition) is 1. The molecule has 0 bridgehead atoms. The van der Waals surface area contributed by atoms with Gasteiger partial charge >= 0.3 is 0 Å². The van der Waals surface area contributed by atoms with Crippen molar-refractivity contribution in [1.29, 1.82) is 5.26 Å². The topological polar surface area (TPSA) is 66.8 Å². The summed E-state index contributed by atoms with van der Waals surface area (Å²) in [5, 5.41) is 8.64. The van der Waals surface area contributed by atoms with Gasteiger partial charge < -0.3 is 9.05 Å². The molecule has 6 nitrogen and oxygen atoms in total. The summed E-state index contributed by atoms with van der Waals surface area (Å²) in [6.07, 6.45) is 1.37. The van der Waals surface area contributed by atoms with E-state index in [4.69, 9.17) is 19.1 Å². The molecule has 130 valence electrons. The molecule has 1 atom stereocenters. The van der Waals surface area contributed by atoms with E-state index in [1.165, 1.54) is 0 Å². The fourth-order valence-electron chi connectivity index (χ4n) is 1.80. The quantitative estimate of drug-likeness (QED) is 0.239. The van der Waals surface area contributed by atoms with Crippen molar-refractivity contribution in [2.75, 3.05) is 19.9 Å². The Balaban J connectivity index is 4.26. The molecule has 0 rings (SSSR count). The van der Waals surface area contributed by atoms with Crippen molar-refractivity contribution in [3.63, 3.8) is 0 Å². The van der Waals surface area contributed by atoms with E-state index in [9.17, 15) is 0 Å². The monoisotopic (exact) mass is 333 g/mol. The molecule has 22 heavy (non-hydrogen) atoms. The zero-order chi connectivity index (χ0) is 17.0. The number of nitrogens with one attached hydrogen (secondary N) is 1. The molecule has 1 N–H and O–H groups in total. The van der Waals surface area contributed by atoms with Crippen LogP contribution < -0.4 is 5.48 Å². The summed E-state index contributed by atoms with van der Waals surface area (Å²) in [7, 11) is -1.21. The maximum absolute atomic E-state index is 8.64. The number of rotatable bonds is 13. The van der Waals surface area contributed by atoms with Gasteiger partial charge in [-0.1, -0.05) is 13.8 Å². The molecule has 0 fully saturated rings. The van der Waals surface area contributed by atoms with Crippen LogP contribution in [0.5, 0.6) is 0 Å². The van der Waals surface area contributed by atoms with Crippen molar-refractivity contribution >= 4 is 8.53 Å².